The van der Waals surface area contributed by atoms with Gasteiger partial charge in [-0.2, -0.15) is 0 Å². The standard InChI is InChI=1S/C9H14N2O/c1-12-9(6-10-7-9)5-8-3-2-4-11-8/h2-4,10-11H,5-7H2,1H3. The Bertz CT molecular complexity index is 234. The molecule has 66 valence electrons. The van der Waals surface area contributed by atoms with Crippen LogP contribution in [-0.2, 0) is 11.2 Å². The average molecular weight is 166 g/mol. The zero-order valence-electron chi connectivity index (χ0n) is 7.26. The molecule has 0 spiro atoms. The quantitative estimate of drug-likeness (QED) is 0.688. The van der Waals surface area contributed by atoms with Gasteiger partial charge in [-0.05, 0) is 12.1 Å². The summed E-state index contributed by atoms with van der Waals surface area (Å²) in [5.74, 6) is 0. The highest BCUT2D eigenvalue weighted by molar-refractivity contribution is 5.11. The van der Waals surface area contributed by atoms with Gasteiger partial charge < -0.3 is 15.0 Å². The van der Waals surface area contributed by atoms with E-state index in [1.807, 2.05) is 12.3 Å². The molecule has 1 fully saturated rings. The van der Waals surface area contributed by atoms with Crippen molar-refractivity contribution in [2.45, 2.75) is 12.0 Å². The molecule has 0 amide bonds. The van der Waals surface area contributed by atoms with Crippen LogP contribution in [-0.4, -0.2) is 30.8 Å². The number of aromatic amines is 1. The van der Waals surface area contributed by atoms with Gasteiger partial charge in [0.25, 0.3) is 0 Å². The highest BCUT2D eigenvalue weighted by atomic mass is 16.5. The zero-order valence-corrected chi connectivity index (χ0v) is 7.26. The van der Waals surface area contributed by atoms with Crippen LogP contribution in [0.5, 0.6) is 0 Å². The van der Waals surface area contributed by atoms with Crippen LogP contribution in [0.25, 0.3) is 0 Å². The molecular weight excluding hydrogens is 152 g/mol. The molecular formula is C9H14N2O. The highest BCUT2D eigenvalue weighted by Crippen LogP contribution is 2.20. The molecule has 1 aromatic heterocycles. The number of aromatic nitrogens is 1. The van der Waals surface area contributed by atoms with Gasteiger partial charge in [0.1, 0.15) is 0 Å². The first-order valence-corrected chi connectivity index (χ1v) is 4.23. The van der Waals surface area contributed by atoms with Gasteiger partial charge in [0.15, 0.2) is 0 Å². The maximum Gasteiger partial charge on any atom is 0.0980 e. The molecule has 12 heavy (non-hydrogen) atoms. The van der Waals surface area contributed by atoms with Gasteiger partial charge in [-0.3, -0.25) is 0 Å². The molecule has 2 N–H and O–H groups in total. The van der Waals surface area contributed by atoms with Crippen LogP contribution in [0.15, 0.2) is 18.3 Å². The van der Waals surface area contributed by atoms with E-state index < -0.39 is 0 Å². The summed E-state index contributed by atoms with van der Waals surface area (Å²) in [6.07, 6.45) is 2.92. The van der Waals surface area contributed by atoms with Crippen molar-refractivity contribution in [1.29, 1.82) is 0 Å². The Hall–Kier alpha value is -0.800. The van der Waals surface area contributed by atoms with Crippen molar-refractivity contribution < 1.29 is 4.74 Å². The lowest BCUT2D eigenvalue weighted by molar-refractivity contribution is -0.0508. The maximum atomic E-state index is 5.46. The molecule has 2 heterocycles. The molecule has 1 aliphatic heterocycles. The summed E-state index contributed by atoms with van der Waals surface area (Å²) >= 11 is 0. The van der Waals surface area contributed by atoms with Crippen LogP contribution in [0, 0.1) is 0 Å². The number of H-pyrrole nitrogens is 1. The van der Waals surface area contributed by atoms with Crippen LogP contribution in [0.3, 0.4) is 0 Å². The molecule has 1 aliphatic rings. The summed E-state index contributed by atoms with van der Waals surface area (Å²) in [6, 6.07) is 4.11. The van der Waals surface area contributed by atoms with Crippen molar-refractivity contribution in [3.8, 4) is 0 Å². The summed E-state index contributed by atoms with van der Waals surface area (Å²) in [5.41, 5.74) is 1.29. The van der Waals surface area contributed by atoms with Gasteiger partial charge in [0.2, 0.25) is 0 Å². The molecule has 0 saturated carbocycles. The lowest BCUT2D eigenvalue weighted by atomic mass is 9.91. The number of nitrogens with one attached hydrogen (secondary N) is 2. The molecule has 0 aliphatic carbocycles. The van der Waals surface area contributed by atoms with Gasteiger partial charge in [0, 0.05) is 38.5 Å². The predicted octanol–water partition coefficient (Wildman–Crippen LogP) is 0.546. The molecule has 0 unspecified atom stereocenters. The van der Waals surface area contributed by atoms with Crippen molar-refractivity contribution >= 4 is 0 Å². The number of ether oxygens (including phenoxy) is 1. The third-order valence-electron chi connectivity index (χ3n) is 2.50. The third kappa shape index (κ3) is 1.26. The Morgan fingerprint density at radius 1 is 1.58 bits per heavy atom. The van der Waals surface area contributed by atoms with E-state index in [1.54, 1.807) is 7.11 Å². The number of methoxy groups -OCH3 is 1. The fraction of sp³-hybridized carbons (Fsp3) is 0.556. The molecule has 1 saturated heterocycles. The van der Waals surface area contributed by atoms with Crippen molar-refractivity contribution in [3.05, 3.63) is 24.0 Å². The lowest BCUT2D eigenvalue weighted by Crippen LogP contribution is -2.61. The summed E-state index contributed by atoms with van der Waals surface area (Å²) < 4.78 is 5.46. The molecule has 3 nitrogen and oxygen atoms in total. The van der Waals surface area contributed by atoms with E-state index in [0.717, 1.165) is 19.5 Å². The predicted molar refractivity (Wildman–Crippen MR) is 47.1 cm³/mol. The molecule has 0 aromatic carbocycles. The normalized spacial score (nSPS) is 20.4. The Morgan fingerprint density at radius 3 is 2.83 bits per heavy atom. The van der Waals surface area contributed by atoms with E-state index in [4.69, 9.17) is 4.74 Å². The van der Waals surface area contributed by atoms with E-state index >= 15 is 0 Å². The Morgan fingerprint density at radius 2 is 2.42 bits per heavy atom. The monoisotopic (exact) mass is 166 g/mol. The first kappa shape index (κ1) is 7.83. The second-order valence-corrected chi connectivity index (χ2v) is 3.36. The Kier molecular flexibility index (Phi) is 1.90. The second kappa shape index (κ2) is 2.92. The van der Waals surface area contributed by atoms with E-state index in [0.29, 0.717) is 0 Å². The van der Waals surface area contributed by atoms with Crippen molar-refractivity contribution in [2.75, 3.05) is 20.2 Å². The van der Waals surface area contributed by atoms with E-state index in [-0.39, 0.29) is 5.60 Å². The van der Waals surface area contributed by atoms with E-state index in [9.17, 15) is 0 Å². The summed E-state index contributed by atoms with van der Waals surface area (Å²) in [4.78, 5) is 3.19. The molecule has 1 aromatic rings. The minimum absolute atomic E-state index is 0.0465. The summed E-state index contributed by atoms with van der Waals surface area (Å²) in [7, 11) is 1.78. The van der Waals surface area contributed by atoms with E-state index in [1.165, 1.54) is 5.69 Å². The zero-order chi connectivity index (χ0) is 8.44. The molecule has 0 bridgehead atoms. The summed E-state index contributed by atoms with van der Waals surface area (Å²) in [6.45, 7) is 1.92. The van der Waals surface area contributed by atoms with Gasteiger partial charge in [-0.1, -0.05) is 0 Å². The van der Waals surface area contributed by atoms with Crippen LogP contribution >= 0.6 is 0 Å². The van der Waals surface area contributed by atoms with Crippen LogP contribution in [0.1, 0.15) is 5.69 Å². The number of rotatable bonds is 3. The molecule has 0 radical (unpaired) electrons. The minimum Gasteiger partial charge on any atom is -0.375 e. The fourth-order valence-corrected chi connectivity index (χ4v) is 1.57. The first-order valence-electron chi connectivity index (χ1n) is 4.23. The fourth-order valence-electron chi connectivity index (χ4n) is 1.57. The largest absolute Gasteiger partial charge is 0.375 e. The van der Waals surface area contributed by atoms with Gasteiger partial charge >= 0.3 is 0 Å². The lowest BCUT2D eigenvalue weighted by Gasteiger charge is -2.41. The SMILES string of the molecule is COC1(Cc2ccc[nH]2)CNC1. The maximum absolute atomic E-state index is 5.46. The van der Waals surface area contributed by atoms with Gasteiger partial charge in [-0.15, -0.1) is 0 Å². The number of hydrogen-bond acceptors (Lipinski definition) is 2. The molecule has 0 atom stereocenters. The summed E-state index contributed by atoms with van der Waals surface area (Å²) in [5, 5.41) is 3.23. The van der Waals surface area contributed by atoms with Crippen LogP contribution < -0.4 is 5.32 Å². The van der Waals surface area contributed by atoms with Crippen LogP contribution in [0.2, 0.25) is 0 Å². The third-order valence-corrected chi connectivity index (χ3v) is 2.50. The molecule has 3 heteroatoms. The van der Waals surface area contributed by atoms with Crippen molar-refractivity contribution in [3.63, 3.8) is 0 Å². The van der Waals surface area contributed by atoms with Crippen LogP contribution in [0.4, 0.5) is 0 Å². The van der Waals surface area contributed by atoms with E-state index in [2.05, 4.69) is 16.4 Å². The average Bonchev–Trinajstić information content (AvgIpc) is 2.49. The van der Waals surface area contributed by atoms with Crippen molar-refractivity contribution in [2.24, 2.45) is 0 Å². The van der Waals surface area contributed by atoms with Crippen molar-refractivity contribution in [1.82, 2.24) is 10.3 Å². The smallest absolute Gasteiger partial charge is 0.0980 e. The Balaban J connectivity index is 2.01. The Labute approximate surface area is 72.1 Å². The second-order valence-electron chi connectivity index (χ2n) is 3.36. The topological polar surface area (TPSA) is 37.0 Å². The first-order chi connectivity index (χ1) is 5.85. The molecule has 2 rings (SSSR count). The van der Waals surface area contributed by atoms with Gasteiger partial charge in [0.05, 0.1) is 5.60 Å². The highest BCUT2D eigenvalue weighted by Gasteiger charge is 2.37. The number of hydrogen-bond donors (Lipinski definition) is 2. The van der Waals surface area contributed by atoms with Gasteiger partial charge in [-0.25, -0.2) is 0 Å². The minimum atomic E-state index is 0.0465.